The molecule has 0 saturated carbocycles. The van der Waals surface area contributed by atoms with Crippen LogP contribution in [0.2, 0.25) is 0 Å². The minimum absolute atomic E-state index is 0.495. The number of rotatable bonds is 4. The molecule has 3 nitrogen and oxygen atoms in total. The molecule has 1 saturated heterocycles. The van der Waals surface area contributed by atoms with Crippen LogP contribution in [0.4, 0.5) is 4.79 Å². The molecular formula is C18H25NO2. The summed E-state index contributed by atoms with van der Waals surface area (Å²) in [4.78, 5) is 12.4. The Hall–Kier alpha value is -1.77. The van der Waals surface area contributed by atoms with Crippen molar-refractivity contribution in [1.82, 2.24) is 4.90 Å². The first-order valence-electron chi connectivity index (χ1n) is 7.86. The number of benzene rings is 1. The van der Waals surface area contributed by atoms with Crippen LogP contribution in [0.5, 0.6) is 0 Å². The number of hydrogen-bond donors (Lipinski definition) is 1. The lowest BCUT2D eigenvalue weighted by atomic mass is 9.95. The molecular weight excluding hydrogens is 262 g/mol. The largest absolute Gasteiger partial charge is 0.465 e. The molecule has 114 valence electrons. The van der Waals surface area contributed by atoms with Crippen molar-refractivity contribution in [1.29, 1.82) is 0 Å². The van der Waals surface area contributed by atoms with Crippen molar-refractivity contribution in [3.05, 3.63) is 41.5 Å². The molecule has 21 heavy (non-hydrogen) atoms. The number of piperidine rings is 1. The first kappa shape index (κ1) is 15.6. The summed E-state index contributed by atoms with van der Waals surface area (Å²) in [5.41, 5.74) is 2.62. The summed E-state index contributed by atoms with van der Waals surface area (Å²) in [6.45, 7) is 5.76. The van der Waals surface area contributed by atoms with Gasteiger partial charge in [0.05, 0.1) is 0 Å². The van der Waals surface area contributed by atoms with Crippen molar-refractivity contribution in [3.63, 3.8) is 0 Å². The maximum atomic E-state index is 10.9. The van der Waals surface area contributed by atoms with Gasteiger partial charge in [-0.25, -0.2) is 4.79 Å². The molecule has 1 aromatic rings. The van der Waals surface area contributed by atoms with Gasteiger partial charge in [-0.05, 0) is 42.2 Å². The zero-order valence-electron chi connectivity index (χ0n) is 13.0. The Bertz CT molecular complexity index is 484. The Kier molecular flexibility index (Phi) is 5.43. The van der Waals surface area contributed by atoms with Crippen LogP contribution in [-0.2, 0) is 0 Å². The van der Waals surface area contributed by atoms with Crippen molar-refractivity contribution < 1.29 is 9.90 Å². The minimum Gasteiger partial charge on any atom is -0.465 e. The molecule has 0 aromatic heterocycles. The molecule has 1 N–H and O–H groups in total. The predicted molar refractivity (Wildman–Crippen MR) is 86.5 cm³/mol. The Morgan fingerprint density at radius 1 is 1.33 bits per heavy atom. The van der Waals surface area contributed by atoms with E-state index in [2.05, 4.69) is 50.3 Å². The highest BCUT2D eigenvalue weighted by molar-refractivity contribution is 5.65. The quantitative estimate of drug-likeness (QED) is 0.879. The summed E-state index contributed by atoms with van der Waals surface area (Å²) < 4.78 is 0. The molecule has 1 amide bonds. The lowest BCUT2D eigenvalue weighted by Gasteiger charge is -2.28. The highest BCUT2D eigenvalue weighted by atomic mass is 16.4. The third-order valence-electron chi connectivity index (χ3n) is 4.49. The summed E-state index contributed by atoms with van der Waals surface area (Å²) >= 11 is 0. The fraction of sp³-hybridized carbons (Fsp3) is 0.500. The third kappa shape index (κ3) is 4.35. The van der Waals surface area contributed by atoms with Crippen LogP contribution in [-0.4, -0.2) is 29.2 Å². The number of carboxylic acid groups (broad SMARTS) is 1. The summed E-state index contributed by atoms with van der Waals surface area (Å²) in [5.74, 6) is 1.11. The second-order valence-corrected chi connectivity index (χ2v) is 5.94. The number of nitrogens with zero attached hydrogens (tertiary/aromatic N) is 1. The SMILES string of the molecule is CCC(C)c1ccc(C=CC2CCN(C(=O)O)CC2)cc1. The fourth-order valence-corrected chi connectivity index (χ4v) is 2.70. The average Bonchev–Trinajstić information content (AvgIpc) is 2.53. The van der Waals surface area contributed by atoms with E-state index in [0.717, 1.165) is 19.3 Å². The molecule has 3 heteroatoms. The highest BCUT2D eigenvalue weighted by Gasteiger charge is 2.20. The maximum absolute atomic E-state index is 10.9. The van der Waals surface area contributed by atoms with Crippen LogP contribution in [0, 0.1) is 5.92 Å². The Balaban J connectivity index is 1.88. The van der Waals surface area contributed by atoms with Gasteiger partial charge >= 0.3 is 6.09 Å². The molecule has 1 unspecified atom stereocenters. The number of allylic oxidation sites excluding steroid dienone is 1. The van der Waals surface area contributed by atoms with Crippen molar-refractivity contribution in [2.45, 2.75) is 39.0 Å². The smallest absolute Gasteiger partial charge is 0.407 e. The van der Waals surface area contributed by atoms with E-state index >= 15 is 0 Å². The van der Waals surface area contributed by atoms with Gasteiger partial charge in [0.2, 0.25) is 0 Å². The van der Waals surface area contributed by atoms with E-state index in [1.165, 1.54) is 16.0 Å². The summed E-state index contributed by atoms with van der Waals surface area (Å²) in [6, 6.07) is 8.76. The molecule has 1 aliphatic heterocycles. The fourth-order valence-electron chi connectivity index (χ4n) is 2.70. The molecule has 0 bridgehead atoms. The van der Waals surface area contributed by atoms with Crippen LogP contribution in [0.1, 0.15) is 50.2 Å². The van der Waals surface area contributed by atoms with Crippen molar-refractivity contribution in [2.24, 2.45) is 5.92 Å². The first-order chi connectivity index (χ1) is 10.1. The van der Waals surface area contributed by atoms with E-state index in [9.17, 15) is 4.79 Å². The molecule has 1 aliphatic rings. The third-order valence-corrected chi connectivity index (χ3v) is 4.49. The Labute approximate surface area is 127 Å². The van der Waals surface area contributed by atoms with E-state index < -0.39 is 6.09 Å². The average molecular weight is 287 g/mol. The molecule has 1 heterocycles. The second-order valence-electron chi connectivity index (χ2n) is 5.94. The molecule has 1 atom stereocenters. The molecule has 1 fully saturated rings. The van der Waals surface area contributed by atoms with Crippen LogP contribution in [0.15, 0.2) is 30.3 Å². The standard InChI is InChI=1S/C18H25NO2/c1-3-14(2)17-8-6-15(7-9-17)4-5-16-10-12-19(13-11-16)18(20)21/h4-9,14,16H,3,10-13H2,1-2H3,(H,20,21). The highest BCUT2D eigenvalue weighted by Crippen LogP contribution is 2.22. The molecule has 0 aliphatic carbocycles. The van der Waals surface area contributed by atoms with Gasteiger partial charge in [-0.2, -0.15) is 0 Å². The van der Waals surface area contributed by atoms with Crippen LogP contribution < -0.4 is 0 Å². The van der Waals surface area contributed by atoms with E-state index in [1.807, 2.05) is 0 Å². The topological polar surface area (TPSA) is 40.5 Å². The van der Waals surface area contributed by atoms with Gasteiger partial charge in [-0.1, -0.05) is 50.3 Å². The second kappa shape index (κ2) is 7.30. The van der Waals surface area contributed by atoms with Gasteiger partial charge in [0.25, 0.3) is 0 Å². The number of likely N-dealkylation sites (tertiary alicyclic amines) is 1. The Morgan fingerprint density at radius 2 is 1.95 bits per heavy atom. The summed E-state index contributed by atoms with van der Waals surface area (Å²) in [7, 11) is 0. The van der Waals surface area contributed by atoms with E-state index in [0.29, 0.717) is 24.9 Å². The number of amides is 1. The predicted octanol–water partition coefficient (Wildman–Crippen LogP) is 4.60. The molecule has 1 aromatic carbocycles. The lowest BCUT2D eigenvalue weighted by molar-refractivity contribution is 0.129. The van der Waals surface area contributed by atoms with Gasteiger partial charge in [0.15, 0.2) is 0 Å². The van der Waals surface area contributed by atoms with Crippen LogP contribution in [0.25, 0.3) is 6.08 Å². The molecule has 0 spiro atoms. The minimum atomic E-state index is -0.793. The van der Waals surface area contributed by atoms with Gasteiger partial charge in [-0.15, -0.1) is 0 Å². The number of hydrogen-bond acceptors (Lipinski definition) is 1. The first-order valence-corrected chi connectivity index (χ1v) is 7.86. The normalized spacial score (nSPS) is 18.1. The Morgan fingerprint density at radius 3 is 2.48 bits per heavy atom. The summed E-state index contributed by atoms with van der Waals surface area (Å²) in [6.07, 6.45) is 6.62. The maximum Gasteiger partial charge on any atom is 0.407 e. The number of carbonyl (C=O) groups is 1. The monoisotopic (exact) mass is 287 g/mol. The lowest BCUT2D eigenvalue weighted by Crippen LogP contribution is -2.36. The molecule has 2 rings (SSSR count). The van der Waals surface area contributed by atoms with Gasteiger partial charge < -0.3 is 10.0 Å². The summed E-state index contributed by atoms with van der Waals surface area (Å²) in [5, 5.41) is 8.93. The van der Waals surface area contributed by atoms with E-state index in [4.69, 9.17) is 5.11 Å². The van der Waals surface area contributed by atoms with E-state index in [1.54, 1.807) is 0 Å². The van der Waals surface area contributed by atoms with Gasteiger partial charge in [-0.3, -0.25) is 0 Å². The van der Waals surface area contributed by atoms with Gasteiger partial charge in [0.1, 0.15) is 0 Å². The van der Waals surface area contributed by atoms with Gasteiger partial charge in [0, 0.05) is 13.1 Å². The van der Waals surface area contributed by atoms with Crippen molar-refractivity contribution in [2.75, 3.05) is 13.1 Å². The zero-order valence-corrected chi connectivity index (χ0v) is 13.0. The zero-order chi connectivity index (χ0) is 15.2. The van der Waals surface area contributed by atoms with Crippen LogP contribution in [0.3, 0.4) is 0 Å². The van der Waals surface area contributed by atoms with Crippen molar-refractivity contribution >= 4 is 12.2 Å². The molecule has 0 radical (unpaired) electrons. The van der Waals surface area contributed by atoms with Crippen molar-refractivity contribution in [3.8, 4) is 0 Å². The van der Waals surface area contributed by atoms with E-state index in [-0.39, 0.29) is 0 Å². The van der Waals surface area contributed by atoms with Crippen LogP contribution >= 0.6 is 0 Å².